The summed E-state index contributed by atoms with van der Waals surface area (Å²) in [4.78, 5) is 27.1. The van der Waals surface area contributed by atoms with Crippen molar-refractivity contribution in [3.05, 3.63) is 64.8 Å². The zero-order chi connectivity index (χ0) is 22.9. The van der Waals surface area contributed by atoms with Gasteiger partial charge in [-0.25, -0.2) is 17.6 Å². The molecule has 170 valence electrons. The molecule has 1 amide bonds. The third-order valence-electron chi connectivity index (χ3n) is 5.83. The van der Waals surface area contributed by atoms with Gasteiger partial charge < -0.3 is 4.90 Å². The number of aromatic nitrogens is 2. The quantitative estimate of drug-likeness (QED) is 0.562. The maximum atomic E-state index is 13.1. The number of sulfonamides is 1. The lowest BCUT2D eigenvalue weighted by Crippen LogP contribution is -2.50. The molecular weight excluding hydrogens is 435 g/mol. The van der Waals surface area contributed by atoms with Crippen LogP contribution in [0.2, 0.25) is 0 Å². The highest BCUT2D eigenvalue weighted by atomic mass is 32.2. The van der Waals surface area contributed by atoms with E-state index in [1.165, 1.54) is 16.4 Å². The van der Waals surface area contributed by atoms with Gasteiger partial charge in [0, 0.05) is 45.7 Å². The number of carbonyl (C=O) groups is 1. The Balaban J connectivity index is 1.40. The minimum Gasteiger partial charge on any atom is -0.340 e. The smallest absolute Gasteiger partial charge is 0.329 e. The van der Waals surface area contributed by atoms with Crippen LogP contribution < -0.4 is 5.69 Å². The highest BCUT2D eigenvalue weighted by molar-refractivity contribution is 7.89. The largest absolute Gasteiger partial charge is 0.340 e. The van der Waals surface area contributed by atoms with Crippen LogP contribution in [0, 0.1) is 5.82 Å². The minimum atomic E-state index is -3.73. The fourth-order valence-corrected chi connectivity index (χ4v) is 5.52. The fraction of sp³-hybridized carbons (Fsp3) is 0.364. The molecule has 2 aromatic carbocycles. The first-order valence-electron chi connectivity index (χ1n) is 10.5. The van der Waals surface area contributed by atoms with E-state index in [0.29, 0.717) is 6.54 Å². The molecule has 10 heteroatoms. The van der Waals surface area contributed by atoms with Crippen LogP contribution in [0.1, 0.15) is 13.3 Å². The Hall–Kier alpha value is -2.98. The number of amides is 1. The van der Waals surface area contributed by atoms with Crippen LogP contribution in [0.5, 0.6) is 0 Å². The average Bonchev–Trinajstić information content (AvgIpc) is 3.08. The number of piperazine rings is 1. The van der Waals surface area contributed by atoms with E-state index < -0.39 is 15.8 Å². The summed E-state index contributed by atoms with van der Waals surface area (Å²) in [5.74, 6) is -0.621. The summed E-state index contributed by atoms with van der Waals surface area (Å²) < 4.78 is 43.2. The van der Waals surface area contributed by atoms with Gasteiger partial charge >= 0.3 is 5.69 Å². The Labute approximate surface area is 185 Å². The van der Waals surface area contributed by atoms with Crippen LogP contribution in [-0.2, 0) is 27.9 Å². The molecule has 1 saturated heterocycles. The summed E-state index contributed by atoms with van der Waals surface area (Å²) >= 11 is 0. The summed E-state index contributed by atoms with van der Waals surface area (Å²) in [6.07, 6.45) is 0.155. The average molecular weight is 461 g/mol. The van der Waals surface area contributed by atoms with E-state index in [9.17, 15) is 22.4 Å². The first kappa shape index (κ1) is 22.2. The van der Waals surface area contributed by atoms with Gasteiger partial charge in [-0.05, 0) is 43.3 Å². The SMILES string of the molecule is CCn1c(=O)n(CCC(=O)N2CCN(S(=O)(=O)c3ccc(F)cc3)CC2)c2ccccc21. The standard InChI is InChI=1S/C22H25FN4O4S/c1-2-26-19-5-3-4-6-20(19)27(22(26)29)12-11-21(28)24-13-15-25(16-14-24)32(30,31)18-9-7-17(23)8-10-18/h3-10H,2,11-16H2,1H3. The molecule has 3 aromatic rings. The molecular formula is C22H25FN4O4S. The monoisotopic (exact) mass is 460 g/mol. The third kappa shape index (κ3) is 4.07. The molecule has 0 radical (unpaired) electrons. The second-order valence-corrected chi connectivity index (χ2v) is 9.59. The van der Waals surface area contributed by atoms with Crippen molar-refractivity contribution in [2.45, 2.75) is 31.3 Å². The molecule has 8 nitrogen and oxygen atoms in total. The molecule has 1 fully saturated rings. The topological polar surface area (TPSA) is 84.6 Å². The zero-order valence-electron chi connectivity index (χ0n) is 17.8. The van der Waals surface area contributed by atoms with Gasteiger partial charge in [-0.15, -0.1) is 0 Å². The molecule has 0 N–H and O–H groups in total. The highest BCUT2D eigenvalue weighted by Gasteiger charge is 2.30. The van der Waals surface area contributed by atoms with Crippen molar-refractivity contribution < 1.29 is 17.6 Å². The van der Waals surface area contributed by atoms with E-state index in [-0.39, 0.29) is 55.6 Å². The van der Waals surface area contributed by atoms with Crippen LogP contribution in [0.15, 0.2) is 58.2 Å². The molecule has 1 aromatic heterocycles. The van der Waals surface area contributed by atoms with Gasteiger partial charge in [0.25, 0.3) is 0 Å². The molecule has 0 saturated carbocycles. The number of fused-ring (bicyclic) bond motifs is 1. The Morgan fingerprint density at radius 1 is 0.938 bits per heavy atom. The number of hydrogen-bond donors (Lipinski definition) is 0. The third-order valence-corrected chi connectivity index (χ3v) is 7.75. The van der Waals surface area contributed by atoms with Crippen molar-refractivity contribution >= 4 is 27.0 Å². The molecule has 4 rings (SSSR count). The van der Waals surface area contributed by atoms with Crippen LogP contribution >= 0.6 is 0 Å². The van der Waals surface area contributed by atoms with Crippen LogP contribution in [0.25, 0.3) is 11.0 Å². The van der Waals surface area contributed by atoms with Gasteiger partial charge in [0.1, 0.15) is 5.82 Å². The lowest BCUT2D eigenvalue weighted by Gasteiger charge is -2.34. The summed E-state index contributed by atoms with van der Waals surface area (Å²) in [6, 6.07) is 12.2. The van der Waals surface area contributed by atoms with E-state index in [4.69, 9.17) is 0 Å². The number of hydrogen-bond acceptors (Lipinski definition) is 4. The fourth-order valence-electron chi connectivity index (χ4n) is 4.09. The van der Waals surface area contributed by atoms with Crippen molar-refractivity contribution in [2.24, 2.45) is 0 Å². The number of halogens is 1. The number of nitrogens with zero attached hydrogens (tertiary/aromatic N) is 4. The maximum Gasteiger partial charge on any atom is 0.329 e. The second-order valence-electron chi connectivity index (χ2n) is 7.66. The summed E-state index contributed by atoms with van der Waals surface area (Å²) in [5, 5.41) is 0. The number of aryl methyl sites for hydroxylation is 2. The number of imidazole rings is 1. The summed E-state index contributed by atoms with van der Waals surface area (Å²) in [6.45, 7) is 3.59. The Morgan fingerprint density at radius 2 is 1.53 bits per heavy atom. The predicted octanol–water partition coefficient (Wildman–Crippen LogP) is 1.89. The van der Waals surface area contributed by atoms with Crippen LogP contribution in [-0.4, -0.2) is 58.8 Å². The van der Waals surface area contributed by atoms with Crippen molar-refractivity contribution in [1.82, 2.24) is 18.3 Å². The van der Waals surface area contributed by atoms with Gasteiger partial charge in [0.2, 0.25) is 15.9 Å². The molecule has 2 heterocycles. The molecule has 0 atom stereocenters. The first-order chi connectivity index (χ1) is 15.3. The van der Waals surface area contributed by atoms with Crippen LogP contribution in [0.3, 0.4) is 0 Å². The minimum absolute atomic E-state index is 0.0327. The van der Waals surface area contributed by atoms with Gasteiger partial charge in [0.05, 0.1) is 15.9 Å². The second kappa shape index (κ2) is 8.87. The molecule has 1 aliphatic rings. The Morgan fingerprint density at radius 3 is 2.12 bits per heavy atom. The van der Waals surface area contributed by atoms with E-state index in [1.807, 2.05) is 31.2 Å². The molecule has 0 unspecified atom stereocenters. The van der Waals surface area contributed by atoms with Gasteiger partial charge in [-0.2, -0.15) is 4.31 Å². The highest BCUT2D eigenvalue weighted by Crippen LogP contribution is 2.19. The summed E-state index contributed by atoms with van der Waals surface area (Å²) in [7, 11) is -3.73. The molecule has 32 heavy (non-hydrogen) atoms. The molecule has 0 spiro atoms. The molecule has 0 bridgehead atoms. The maximum absolute atomic E-state index is 13.1. The van der Waals surface area contributed by atoms with E-state index in [0.717, 1.165) is 23.2 Å². The van der Waals surface area contributed by atoms with Gasteiger partial charge in [-0.1, -0.05) is 12.1 Å². The summed E-state index contributed by atoms with van der Waals surface area (Å²) in [5.41, 5.74) is 1.49. The zero-order valence-corrected chi connectivity index (χ0v) is 18.6. The number of rotatable bonds is 6. The Bertz CT molecular complexity index is 1290. The Kier molecular flexibility index (Phi) is 6.16. The number of carbonyl (C=O) groups excluding carboxylic acids is 1. The molecule has 0 aliphatic carbocycles. The normalized spacial score (nSPS) is 15.4. The van der Waals surface area contributed by atoms with Crippen LogP contribution in [0.4, 0.5) is 4.39 Å². The van der Waals surface area contributed by atoms with E-state index in [1.54, 1.807) is 14.0 Å². The lowest BCUT2D eigenvalue weighted by atomic mass is 10.3. The van der Waals surface area contributed by atoms with Crippen molar-refractivity contribution in [2.75, 3.05) is 26.2 Å². The van der Waals surface area contributed by atoms with Crippen molar-refractivity contribution in [3.63, 3.8) is 0 Å². The first-order valence-corrected chi connectivity index (χ1v) is 12.0. The van der Waals surface area contributed by atoms with E-state index in [2.05, 4.69) is 0 Å². The van der Waals surface area contributed by atoms with Crippen molar-refractivity contribution in [3.8, 4) is 0 Å². The lowest BCUT2D eigenvalue weighted by molar-refractivity contribution is -0.132. The van der Waals surface area contributed by atoms with Gasteiger partial charge in [0.15, 0.2) is 0 Å². The van der Waals surface area contributed by atoms with E-state index >= 15 is 0 Å². The van der Waals surface area contributed by atoms with Gasteiger partial charge in [-0.3, -0.25) is 13.9 Å². The predicted molar refractivity (Wildman–Crippen MR) is 118 cm³/mol. The van der Waals surface area contributed by atoms with Crippen molar-refractivity contribution in [1.29, 1.82) is 0 Å². The molecule has 1 aliphatic heterocycles. The number of para-hydroxylation sites is 2. The number of benzene rings is 2.